The molecular formula is C33H37Cl2F2NO9. The first-order valence-electron chi connectivity index (χ1n) is 14.5. The van der Waals surface area contributed by atoms with Gasteiger partial charge in [-0.05, 0) is 87.9 Å². The van der Waals surface area contributed by atoms with Gasteiger partial charge in [0, 0.05) is 16.5 Å². The molecule has 1 N–H and O–H groups in total. The Bertz CT molecular complexity index is 1500. The smallest absolute Gasteiger partial charge is 0.412 e. The zero-order chi connectivity index (χ0) is 34.9. The van der Waals surface area contributed by atoms with Gasteiger partial charge in [0.25, 0.3) is 0 Å². The van der Waals surface area contributed by atoms with Crippen molar-refractivity contribution in [1.29, 1.82) is 0 Å². The van der Waals surface area contributed by atoms with Crippen molar-refractivity contribution >= 4 is 46.9 Å². The van der Waals surface area contributed by atoms with Crippen molar-refractivity contribution in [3.05, 3.63) is 69.7 Å². The number of esters is 2. The lowest BCUT2D eigenvalue weighted by molar-refractivity contribution is -0.153. The minimum Gasteiger partial charge on any atom is -0.495 e. The summed E-state index contributed by atoms with van der Waals surface area (Å²) in [5.41, 5.74) is 0.0809. The van der Waals surface area contributed by atoms with Crippen molar-refractivity contribution in [2.24, 2.45) is 5.92 Å². The molecular weight excluding hydrogens is 663 g/mol. The Morgan fingerprint density at radius 2 is 1.72 bits per heavy atom. The molecule has 256 valence electrons. The molecule has 1 saturated carbocycles. The third-order valence-electron chi connectivity index (χ3n) is 6.53. The number of carbonyl (C=O) groups is 3. The Morgan fingerprint density at radius 1 is 1.04 bits per heavy atom. The SMILES string of the molecule is C=C(Cl)/C(CC(OC(=O)COC(=O)c1ccc(OC)c(NC(=O)OC(C)(C)C)c1)c1ccc(OC(F)F)c(OCC2CC2)c1)=C(\C)Cl. The predicted octanol–water partition coefficient (Wildman–Crippen LogP) is 8.53. The van der Waals surface area contributed by atoms with Gasteiger partial charge in [0.2, 0.25) is 0 Å². The molecule has 1 unspecified atom stereocenters. The summed E-state index contributed by atoms with van der Waals surface area (Å²) in [5.74, 6) is -1.43. The summed E-state index contributed by atoms with van der Waals surface area (Å²) < 4.78 is 57.9. The summed E-state index contributed by atoms with van der Waals surface area (Å²) in [6.07, 6.45) is 0.0269. The minimum atomic E-state index is -3.09. The van der Waals surface area contributed by atoms with Gasteiger partial charge < -0.3 is 28.4 Å². The first-order valence-corrected chi connectivity index (χ1v) is 15.3. The molecule has 47 heavy (non-hydrogen) atoms. The van der Waals surface area contributed by atoms with Crippen LogP contribution in [0.2, 0.25) is 0 Å². The van der Waals surface area contributed by atoms with Crippen molar-refractivity contribution in [2.45, 2.75) is 65.3 Å². The van der Waals surface area contributed by atoms with Crippen LogP contribution >= 0.6 is 23.2 Å². The minimum absolute atomic E-state index is 0.00490. The zero-order valence-electron chi connectivity index (χ0n) is 26.6. The fourth-order valence-electron chi connectivity index (χ4n) is 4.12. The fraction of sp³-hybridized carbons (Fsp3) is 0.424. The lowest BCUT2D eigenvalue weighted by Gasteiger charge is -2.22. The maximum absolute atomic E-state index is 13.1. The Balaban J connectivity index is 1.79. The molecule has 0 radical (unpaired) electrons. The number of halogens is 4. The van der Waals surface area contributed by atoms with E-state index in [4.69, 9.17) is 46.9 Å². The molecule has 2 aromatic rings. The highest BCUT2D eigenvalue weighted by molar-refractivity contribution is 6.35. The van der Waals surface area contributed by atoms with Crippen LogP contribution in [0.1, 0.15) is 69.0 Å². The molecule has 1 fully saturated rings. The number of ether oxygens (including phenoxy) is 6. The fourth-order valence-corrected chi connectivity index (χ4v) is 4.58. The largest absolute Gasteiger partial charge is 0.495 e. The zero-order valence-corrected chi connectivity index (χ0v) is 28.1. The van der Waals surface area contributed by atoms with Crippen LogP contribution in [0.4, 0.5) is 19.3 Å². The number of hydrogen-bond acceptors (Lipinski definition) is 9. The van der Waals surface area contributed by atoms with Gasteiger partial charge in [0.15, 0.2) is 18.1 Å². The van der Waals surface area contributed by atoms with E-state index < -0.39 is 43.0 Å². The summed E-state index contributed by atoms with van der Waals surface area (Å²) >= 11 is 12.4. The Hall–Kier alpha value is -4.03. The molecule has 0 saturated heterocycles. The lowest BCUT2D eigenvalue weighted by atomic mass is 10.00. The maximum atomic E-state index is 13.1. The molecule has 3 rings (SSSR count). The highest BCUT2D eigenvalue weighted by Gasteiger charge is 2.26. The van der Waals surface area contributed by atoms with Crippen molar-refractivity contribution in [1.82, 2.24) is 0 Å². The Kier molecular flexibility index (Phi) is 13.3. The molecule has 1 amide bonds. The van der Waals surface area contributed by atoms with Crippen molar-refractivity contribution in [3.8, 4) is 17.2 Å². The van der Waals surface area contributed by atoms with E-state index in [1.807, 2.05) is 0 Å². The molecule has 14 heteroatoms. The molecule has 0 aliphatic heterocycles. The molecule has 0 heterocycles. The number of methoxy groups -OCH3 is 1. The van der Waals surface area contributed by atoms with Crippen molar-refractivity contribution in [2.75, 3.05) is 25.6 Å². The van der Waals surface area contributed by atoms with Gasteiger partial charge in [-0.3, -0.25) is 5.32 Å². The van der Waals surface area contributed by atoms with Crippen LogP contribution in [-0.4, -0.2) is 50.6 Å². The van der Waals surface area contributed by atoms with E-state index >= 15 is 0 Å². The molecule has 0 spiro atoms. The number of amides is 1. The summed E-state index contributed by atoms with van der Waals surface area (Å²) in [6, 6.07) is 8.26. The normalized spacial score (nSPS) is 14.0. The Labute approximate surface area is 281 Å². The van der Waals surface area contributed by atoms with Crippen LogP contribution in [0, 0.1) is 5.92 Å². The highest BCUT2D eigenvalue weighted by Crippen LogP contribution is 2.39. The monoisotopic (exact) mass is 699 g/mol. The summed E-state index contributed by atoms with van der Waals surface area (Å²) in [6.45, 7) is 6.79. The summed E-state index contributed by atoms with van der Waals surface area (Å²) in [4.78, 5) is 38.2. The molecule has 2 aromatic carbocycles. The molecule has 0 bridgehead atoms. The molecule has 1 atom stereocenters. The maximum Gasteiger partial charge on any atom is 0.412 e. The van der Waals surface area contributed by atoms with Crippen LogP contribution in [-0.2, 0) is 19.0 Å². The van der Waals surface area contributed by atoms with E-state index in [2.05, 4.69) is 16.6 Å². The molecule has 0 aromatic heterocycles. The van der Waals surface area contributed by atoms with Gasteiger partial charge >= 0.3 is 24.6 Å². The highest BCUT2D eigenvalue weighted by atomic mass is 35.5. The average Bonchev–Trinajstić information content (AvgIpc) is 3.80. The number of carbonyl (C=O) groups excluding carboxylic acids is 3. The number of anilines is 1. The summed E-state index contributed by atoms with van der Waals surface area (Å²) in [7, 11) is 1.38. The molecule has 1 aliphatic carbocycles. The van der Waals surface area contributed by atoms with E-state index in [9.17, 15) is 23.2 Å². The quantitative estimate of drug-likeness (QED) is 0.111. The molecule has 10 nitrogen and oxygen atoms in total. The predicted molar refractivity (Wildman–Crippen MR) is 171 cm³/mol. The van der Waals surface area contributed by atoms with Crippen molar-refractivity contribution < 1.29 is 51.6 Å². The first kappa shape index (κ1) is 37.4. The second-order valence-corrected chi connectivity index (χ2v) is 12.6. The number of allylic oxidation sites excluding steroid dienone is 2. The first-order chi connectivity index (χ1) is 22.1. The van der Waals surface area contributed by atoms with E-state index in [1.54, 1.807) is 27.7 Å². The van der Waals surface area contributed by atoms with Crippen molar-refractivity contribution in [3.63, 3.8) is 0 Å². The van der Waals surface area contributed by atoms with E-state index in [0.29, 0.717) is 23.7 Å². The number of alkyl halides is 2. The van der Waals surface area contributed by atoms with Gasteiger partial charge in [-0.1, -0.05) is 35.8 Å². The number of nitrogens with one attached hydrogen (secondary N) is 1. The van der Waals surface area contributed by atoms with Crippen LogP contribution in [0.15, 0.2) is 58.6 Å². The second kappa shape index (κ2) is 16.7. The van der Waals surface area contributed by atoms with E-state index in [1.165, 1.54) is 43.5 Å². The van der Waals surface area contributed by atoms with E-state index in [0.717, 1.165) is 12.8 Å². The van der Waals surface area contributed by atoms with Crippen LogP contribution in [0.5, 0.6) is 17.2 Å². The average molecular weight is 701 g/mol. The van der Waals surface area contributed by atoms with Gasteiger partial charge in [-0.2, -0.15) is 8.78 Å². The third-order valence-corrected chi connectivity index (χ3v) is 6.98. The van der Waals surface area contributed by atoms with Crippen LogP contribution in [0.25, 0.3) is 0 Å². The standard InChI is InChI=1S/C33H37Cl2F2NO9/c1-18(34)23(19(2)35)15-27(21-9-12-26(46-31(36)37)28(14-21)43-16-20-7-8-20)45-29(39)17-44-30(40)22-10-11-25(42-6)24(13-22)38-32(41)47-33(3,4)5/h9-14,20,27,31H,1,7-8,15-17H2,2-6H3,(H,38,41)/b23-19+. The van der Waals surface area contributed by atoms with Gasteiger partial charge in [-0.25, -0.2) is 14.4 Å². The lowest BCUT2D eigenvalue weighted by Crippen LogP contribution is -2.27. The molecule has 1 aliphatic rings. The summed E-state index contributed by atoms with van der Waals surface area (Å²) in [5, 5.41) is 2.90. The third kappa shape index (κ3) is 12.3. The number of hydrogen-bond donors (Lipinski definition) is 1. The Morgan fingerprint density at radius 3 is 2.30 bits per heavy atom. The van der Waals surface area contributed by atoms with E-state index in [-0.39, 0.29) is 45.0 Å². The number of benzene rings is 2. The van der Waals surface area contributed by atoms with Crippen LogP contribution < -0.4 is 19.5 Å². The van der Waals surface area contributed by atoms with Gasteiger partial charge in [0.05, 0.1) is 25.0 Å². The number of rotatable bonds is 15. The van der Waals surface area contributed by atoms with Gasteiger partial charge in [-0.15, -0.1) is 0 Å². The topological polar surface area (TPSA) is 119 Å². The van der Waals surface area contributed by atoms with Crippen LogP contribution in [0.3, 0.4) is 0 Å². The second-order valence-electron chi connectivity index (χ2n) is 11.6. The van der Waals surface area contributed by atoms with Gasteiger partial charge in [0.1, 0.15) is 17.5 Å².